The van der Waals surface area contributed by atoms with Crippen molar-refractivity contribution in [2.24, 2.45) is 0 Å². The summed E-state index contributed by atoms with van der Waals surface area (Å²) in [5, 5.41) is 11.2. The second-order valence-corrected chi connectivity index (χ2v) is 8.37. The van der Waals surface area contributed by atoms with Gasteiger partial charge in [0.15, 0.2) is 0 Å². The molecular formula is C29H29NO5. The first-order valence-corrected chi connectivity index (χ1v) is 11.7. The fourth-order valence-corrected chi connectivity index (χ4v) is 4.22. The molecule has 1 heterocycles. The van der Waals surface area contributed by atoms with Crippen LogP contribution in [0, 0.1) is 0 Å². The molecule has 6 nitrogen and oxygen atoms in total. The third-order valence-corrected chi connectivity index (χ3v) is 6.06. The molecule has 3 aromatic carbocycles. The highest BCUT2D eigenvalue weighted by Gasteiger charge is 2.45. The van der Waals surface area contributed by atoms with E-state index in [1.54, 1.807) is 48.4 Å². The molecule has 1 unspecified atom stereocenters. The zero-order valence-electron chi connectivity index (χ0n) is 19.9. The number of benzene rings is 3. The normalized spacial score (nSPS) is 17.0. The number of Topliss-reactive ketones (excluding diaryl/α,β-unsaturated/α-hetero) is 1. The Balaban J connectivity index is 1.72. The van der Waals surface area contributed by atoms with Crippen LogP contribution in [0.3, 0.4) is 0 Å². The maximum absolute atomic E-state index is 13.2. The molecule has 4 rings (SSSR count). The van der Waals surface area contributed by atoms with E-state index >= 15 is 0 Å². The first kappa shape index (κ1) is 24.1. The van der Waals surface area contributed by atoms with E-state index in [2.05, 4.69) is 0 Å². The van der Waals surface area contributed by atoms with Crippen molar-refractivity contribution >= 4 is 17.4 Å². The highest BCUT2D eigenvalue weighted by molar-refractivity contribution is 6.46. The van der Waals surface area contributed by atoms with Crippen molar-refractivity contribution in [3.8, 4) is 11.5 Å². The molecule has 0 saturated carbocycles. The monoisotopic (exact) mass is 471 g/mol. The lowest BCUT2D eigenvalue weighted by molar-refractivity contribution is -0.139. The SMILES string of the molecule is CCCOc1ccc(C(O)=C2C(=O)C(=O)N(CCc3ccccc3)C2c2ccc(OC)cc2)cc1. The highest BCUT2D eigenvalue weighted by atomic mass is 16.5. The lowest BCUT2D eigenvalue weighted by Crippen LogP contribution is -2.31. The van der Waals surface area contributed by atoms with Gasteiger partial charge in [0.25, 0.3) is 11.7 Å². The van der Waals surface area contributed by atoms with E-state index in [0.717, 1.165) is 17.5 Å². The van der Waals surface area contributed by atoms with Crippen LogP contribution in [0.2, 0.25) is 0 Å². The van der Waals surface area contributed by atoms with Crippen LogP contribution >= 0.6 is 0 Å². The molecule has 180 valence electrons. The molecule has 6 heteroatoms. The molecule has 35 heavy (non-hydrogen) atoms. The minimum Gasteiger partial charge on any atom is -0.507 e. The average molecular weight is 472 g/mol. The van der Waals surface area contributed by atoms with Gasteiger partial charge >= 0.3 is 0 Å². The molecule has 0 aromatic heterocycles. The number of hydrogen-bond acceptors (Lipinski definition) is 5. The second kappa shape index (κ2) is 10.9. The number of ether oxygens (including phenoxy) is 2. The first-order valence-electron chi connectivity index (χ1n) is 11.7. The van der Waals surface area contributed by atoms with Crippen molar-refractivity contribution in [1.82, 2.24) is 4.90 Å². The second-order valence-electron chi connectivity index (χ2n) is 8.37. The molecular weight excluding hydrogens is 442 g/mol. The Morgan fingerprint density at radius 1 is 0.914 bits per heavy atom. The molecule has 1 N–H and O–H groups in total. The van der Waals surface area contributed by atoms with Gasteiger partial charge in [-0.3, -0.25) is 9.59 Å². The highest BCUT2D eigenvalue weighted by Crippen LogP contribution is 2.40. The zero-order valence-corrected chi connectivity index (χ0v) is 19.9. The third kappa shape index (κ3) is 5.22. The van der Waals surface area contributed by atoms with Crippen LogP contribution in [0.5, 0.6) is 11.5 Å². The Morgan fingerprint density at radius 3 is 2.20 bits per heavy atom. The number of ketones is 1. The summed E-state index contributed by atoms with van der Waals surface area (Å²) in [6.45, 7) is 2.96. The molecule has 1 atom stereocenters. The van der Waals surface area contributed by atoms with Crippen LogP contribution < -0.4 is 9.47 Å². The lowest BCUT2D eigenvalue weighted by atomic mass is 9.95. The topological polar surface area (TPSA) is 76.1 Å². The number of hydrogen-bond donors (Lipinski definition) is 1. The number of likely N-dealkylation sites (tertiary alicyclic amines) is 1. The summed E-state index contributed by atoms with van der Waals surface area (Å²) < 4.78 is 10.9. The average Bonchev–Trinajstić information content (AvgIpc) is 3.16. The number of aliphatic hydroxyl groups excluding tert-OH is 1. The van der Waals surface area contributed by atoms with E-state index in [-0.39, 0.29) is 11.3 Å². The first-order chi connectivity index (χ1) is 17.0. The number of aliphatic hydroxyl groups is 1. The zero-order chi connectivity index (χ0) is 24.8. The van der Waals surface area contributed by atoms with Crippen molar-refractivity contribution in [2.75, 3.05) is 20.3 Å². The van der Waals surface area contributed by atoms with Crippen LogP contribution in [0.1, 0.15) is 36.1 Å². The molecule has 3 aromatic rings. The molecule has 0 radical (unpaired) electrons. The lowest BCUT2D eigenvalue weighted by Gasteiger charge is -2.25. The Morgan fingerprint density at radius 2 is 1.57 bits per heavy atom. The van der Waals surface area contributed by atoms with E-state index < -0.39 is 17.7 Å². The maximum atomic E-state index is 13.2. The van der Waals surface area contributed by atoms with Crippen molar-refractivity contribution in [3.05, 3.63) is 101 Å². The van der Waals surface area contributed by atoms with Gasteiger partial charge in [0, 0.05) is 12.1 Å². The fourth-order valence-electron chi connectivity index (χ4n) is 4.22. The summed E-state index contributed by atoms with van der Waals surface area (Å²) in [7, 11) is 1.58. The summed E-state index contributed by atoms with van der Waals surface area (Å²) in [6, 6.07) is 23.2. The molecule has 1 fully saturated rings. The Labute approximate surface area is 205 Å². The molecule has 1 amide bonds. The van der Waals surface area contributed by atoms with E-state index in [0.29, 0.717) is 36.6 Å². The Hall–Kier alpha value is -4.06. The number of amides is 1. The smallest absolute Gasteiger partial charge is 0.295 e. The van der Waals surface area contributed by atoms with E-state index in [1.165, 1.54) is 0 Å². The van der Waals surface area contributed by atoms with Crippen molar-refractivity contribution in [1.29, 1.82) is 0 Å². The predicted octanol–water partition coefficient (Wildman–Crippen LogP) is 5.15. The van der Waals surface area contributed by atoms with Crippen LogP contribution in [-0.4, -0.2) is 42.0 Å². The van der Waals surface area contributed by atoms with E-state index in [4.69, 9.17) is 9.47 Å². The summed E-state index contributed by atoms with van der Waals surface area (Å²) in [4.78, 5) is 27.9. The van der Waals surface area contributed by atoms with Gasteiger partial charge in [-0.2, -0.15) is 0 Å². The third-order valence-electron chi connectivity index (χ3n) is 6.06. The summed E-state index contributed by atoms with van der Waals surface area (Å²) in [6.07, 6.45) is 1.47. The van der Waals surface area contributed by atoms with E-state index in [1.807, 2.05) is 49.4 Å². The quantitative estimate of drug-likeness (QED) is 0.265. The molecule has 1 aliphatic rings. The van der Waals surface area contributed by atoms with Gasteiger partial charge in [-0.05, 0) is 60.4 Å². The minimum atomic E-state index is -0.708. The Bertz CT molecular complexity index is 1200. The van der Waals surface area contributed by atoms with Gasteiger partial charge < -0.3 is 19.5 Å². The van der Waals surface area contributed by atoms with Gasteiger partial charge in [0.1, 0.15) is 17.3 Å². The maximum Gasteiger partial charge on any atom is 0.295 e. The van der Waals surface area contributed by atoms with E-state index in [9.17, 15) is 14.7 Å². The largest absolute Gasteiger partial charge is 0.507 e. The van der Waals surface area contributed by atoms with Crippen LogP contribution in [0.4, 0.5) is 0 Å². The van der Waals surface area contributed by atoms with Gasteiger partial charge in [0.2, 0.25) is 0 Å². The summed E-state index contributed by atoms with van der Waals surface area (Å²) in [5.74, 6) is -0.168. The van der Waals surface area contributed by atoms with Gasteiger partial charge in [0.05, 0.1) is 25.3 Å². The molecule has 1 aliphatic heterocycles. The number of carbonyl (C=O) groups is 2. The van der Waals surface area contributed by atoms with Gasteiger partial charge in [-0.1, -0.05) is 49.4 Å². The van der Waals surface area contributed by atoms with Crippen molar-refractivity contribution in [2.45, 2.75) is 25.8 Å². The summed E-state index contributed by atoms with van der Waals surface area (Å²) >= 11 is 0. The predicted molar refractivity (Wildman–Crippen MR) is 134 cm³/mol. The van der Waals surface area contributed by atoms with Crippen LogP contribution in [-0.2, 0) is 16.0 Å². The number of nitrogens with zero attached hydrogens (tertiary/aromatic N) is 1. The molecule has 0 bridgehead atoms. The minimum absolute atomic E-state index is 0.0791. The standard InChI is InChI=1S/C29H29NO5/c1-3-19-35-24-15-11-22(12-16-24)27(31)25-26(21-9-13-23(34-2)14-10-21)30(29(33)28(25)32)18-17-20-7-5-4-6-8-20/h4-16,26,31H,3,17-19H2,1-2H3. The van der Waals surface area contributed by atoms with Crippen LogP contribution in [0.15, 0.2) is 84.4 Å². The number of carbonyl (C=O) groups excluding carboxylic acids is 2. The van der Waals surface area contributed by atoms with Crippen molar-refractivity contribution in [3.63, 3.8) is 0 Å². The molecule has 1 saturated heterocycles. The van der Waals surface area contributed by atoms with Crippen LogP contribution in [0.25, 0.3) is 5.76 Å². The number of rotatable bonds is 9. The Kier molecular flexibility index (Phi) is 7.51. The summed E-state index contributed by atoms with van der Waals surface area (Å²) in [5.41, 5.74) is 2.32. The van der Waals surface area contributed by atoms with Gasteiger partial charge in [-0.25, -0.2) is 0 Å². The molecule has 0 spiro atoms. The number of methoxy groups -OCH3 is 1. The fraction of sp³-hybridized carbons (Fsp3) is 0.241. The van der Waals surface area contributed by atoms with Gasteiger partial charge in [-0.15, -0.1) is 0 Å². The molecule has 0 aliphatic carbocycles. The van der Waals surface area contributed by atoms with Crippen molar-refractivity contribution < 1.29 is 24.2 Å².